The third kappa shape index (κ3) is 2.23. The van der Waals surface area contributed by atoms with Gasteiger partial charge in [-0.2, -0.15) is 5.26 Å². The Morgan fingerprint density at radius 1 is 1.21 bits per heavy atom. The molecule has 0 aromatic heterocycles. The first-order valence-corrected chi connectivity index (χ1v) is 6.35. The molecule has 4 heteroatoms. The Labute approximate surface area is 116 Å². The molecule has 0 aliphatic carbocycles. The van der Waals surface area contributed by atoms with Crippen LogP contribution in [0.3, 0.4) is 0 Å². The number of anilines is 1. The zero-order valence-electron chi connectivity index (χ0n) is 10.1. The Morgan fingerprint density at radius 2 is 2.00 bits per heavy atom. The van der Waals surface area contributed by atoms with Crippen molar-refractivity contribution in [3.8, 4) is 11.8 Å². The summed E-state index contributed by atoms with van der Waals surface area (Å²) in [5.41, 5.74) is 2.58. The van der Waals surface area contributed by atoms with Crippen molar-refractivity contribution in [1.29, 1.82) is 5.26 Å². The van der Waals surface area contributed by atoms with Crippen molar-refractivity contribution < 1.29 is 4.74 Å². The van der Waals surface area contributed by atoms with Gasteiger partial charge in [-0.25, -0.2) is 0 Å². The van der Waals surface area contributed by atoms with Crippen LogP contribution in [0.5, 0.6) is 5.75 Å². The van der Waals surface area contributed by atoms with Crippen LogP contribution in [0, 0.1) is 11.3 Å². The molecule has 1 aliphatic heterocycles. The molecule has 19 heavy (non-hydrogen) atoms. The number of fused-ring (bicyclic) bond motifs is 1. The van der Waals surface area contributed by atoms with Gasteiger partial charge in [-0.05, 0) is 29.8 Å². The van der Waals surface area contributed by atoms with Gasteiger partial charge in [0.05, 0.1) is 28.9 Å². The Hall–Kier alpha value is -2.18. The van der Waals surface area contributed by atoms with Gasteiger partial charge in [0.25, 0.3) is 0 Å². The number of benzene rings is 2. The summed E-state index contributed by atoms with van der Waals surface area (Å²) < 4.78 is 5.94. The fraction of sp³-hybridized carbons (Fsp3) is 0.133. The maximum atomic E-state index is 8.79. The molecule has 0 radical (unpaired) electrons. The lowest BCUT2D eigenvalue weighted by Gasteiger charge is -2.28. The van der Waals surface area contributed by atoms with E-state index in [9.17, 15) is 0 Å². The summed E-state index contributed by atoms with van der Waals surface area (Å²) in [6.07, 6.45) is -0.0971. The van der Waals surface area contributed by atoms with Gasteiger partial charge in [-0.3, -0.25) is 0 Å². The van der Waals surface area contributed by atoms with E-state index in [1.54, 1.807) is 12.1 Å². The number of halogens is 1. The van der Waals surface area contributed by atoms with E-state index in [-0.39, 0.29) is 6.10 Å². The van der Waals surface area contributed by atoms with E-state index < -0.39 is 0 Å². The monoisotopic (exact) mass is 270 g/mol. The van der Waals surface area contributed by atoms with Gasteiger partial charge in [-0.15, -0.1) is 0 Å². The summed E-state index contributed by atoms with van der Waals surface area (Å²) >= 11 is 6.13. The van der Waals surface area contributed by atoms with Crippen LogP contribution in [-0.4, -0.2) is 6.54 Å². The summed E-state index contributed by atoms with van der Waals surface area (Å²) in [5, 5.41) is 12.7. The lowest BCUT2D eigenvalue weighted by Crippen LogP contribution is -2.23. The van der Waals surface area contributed by atoms with E-state index in [1.165, 1.54) is 0 Å². The highest BCUT2D eigenvalue weighted by molar-refractivity contribution is 6.32. The number of hydrogen-bond donors (Lipinski definition) is 1. The van der Waals surface area contributed by atoms with Gasteiger partial charge in [0.2, 0.25) is 0 Å². The van der Waals surface area contributed by atoms with E-state index in [0.29, 0.717) is 22.9 Å². The minimum Gasteiger partial charge on any atom is -0.480 e. The highest BCUT2D eigenvalue weighted by atomic mass is 35.5. The normalized spacial score (nSPS) is 16.7. The number of para-hydroxylation sites is 1. The fourth-order valence-corrected chi connectivity index (χ4v) is 2.33. The van der Waals surface area contributed by atoms with Crippen LogP contribution < -0.4 is 10.1 Å². The zero-order valence-corrected chi connectivity index (χ0v) is 10.8. The van der Waals surface area contributed by atoms with Crippen molar-refractivity contribution in [3.63, 3.8) is 0 Å². The number of nitrogens with one attached hydrogen (secondary N) is 1. The second-order valence-corrected chi connectivity index (χ2v) is 4.74. The van der Waals surface area contributed by atoms with Crippen LogP contribution in [0.1, 0.15) is 17.2 Å². The lowest BCUT2D eigenvalue weighted by atomic mass is 10.1. The molecule has 0 fully saturated rings. The molecular weight excluding hydrogens is 260 g/mol. The maximum absolute atomic E-state index is 8.79. The van der Waals surface area contributed by atoms with Crippen LogP contribution in [-0.2, 0) is 0 Å². The fourth-order valence-electron chi connectivity index (χ4n) is 2.11. The zero-order chi connectivity index (χ0) is 13.2. The molecule has 2 aromatic rings. The van der Waals surface area contributed by atoms with E-state index in [4.69, 9.17) is 21.6 Å². The predicted molar refractivity (Wildman–Crippen MR) is 74.5 cm³/mol. The second kappa shape index (κ2) is 4.83. The minimum absolute atomic E-state index is 0.0971. The molecule has 1 atom stereocenters. The van der Waals surface area contributed by atoms with Crippen molar-refractivity contribution in [1.82, 2.24) is 0 Å². The summed E-state index contributed by atoms with van der Waals surface area (Å²) in [5.74, 6) is 0.685. The van der Waals surface area contributed by atoms with Gasteiger partial charge >= 0.3 is 0 Å². The van der Waals surface area contributed by atoms with Crippen LogP contribution in [0.25, 0.3) is 0 Å². The van der Waals surface area contributed by atoms with Crippen molar-refractivity contribution in [3.05, 3.63) is 58.6 Å². The van der Waals surface area contributed by atoms with Gasteiger partial charge in [0, 0.05) is 0 Å². The van der Waals surface area contributed by atoms with Crippen molar-refractivity contribution in [2.75, 3.05) is 11.9 Å². The third-order valence-corrected chi connectivity index (χ3v) is 3.41. The molecule has 0 amide bonds. The van der Waals surface area contributed by atoms with E-state index in [2.05, 4.69) is 11.4 Å². The molecule has 1 heterocycles. The quantitative estimate of drug-likeness (QED) is 0.858. The number of hydrogen-bond acceptors (Lipinski definition) is 3. The molecule has 94 valence electrons. The standard InChI is InChI=1S/C15H11ClN2O/c16-12-2-1-3-13-15(12)19-14(9-18-13)11-6-4-10(8-17)5-7-11/h1-7,14,18H,9H2. The summed E-state index contributed by atoms with van der Waals surface area (Å²) in [4.78, 5) is 0. The summed E-state index contributed by atoms with van der Waals surface area (Å²) in [7, 11) is 0. The summed E-state index contributed by atoms with van der Waals surface area (Å²) in [6.45, 7) is 0.680. The van der Waals surface area contributed by atoms with E-state index >= 15 is 0 Å². The number of nitrogens with zero attached hydrogens (tertiary/aromatic N) is 1. The van der Waals surface area contributed by atoms with E-state index in [1.807, 2.05) is 30.3 Å². The van der Waals surface area contributed by atoms with Crippen molar-refractivity contribution in [2.45, 2.75) is 6.10 Å². The molecular formula is C15H11ClN2O. The number of rotatable bonds is 1. The van der Waals surface area contributed by atoms with Crippen molar-refractivity contribution in [2.24, 2.45) is 0 Å². The first-order chi connectivity index (χ1) is 9.28. The molecule has 1 unspecified atom stereocenters. The second-order valence-electron chi connectivity index (χ2n) is 4.34. The summed E-state index contributed by atoms with van der Waals surface area (Å²) in [6, 6.07) is 15.1. The number of ether oxygens (including phenoxy) is 1. The minimum atomic E-state index is -0.0971. The van der Waals surface area contributed by atoms with Gasteiger partial charge in [0.15, 0.2) is 5.75 Å². The van der Waals surface area contributed by atoms with Gasteiger partial charge in [-0.1, -0.05) is 29.8 Å². The highest BCUT2D eigenvalue weighted by Gasteiger charge is 2.22. The van der Waals surface area contributed by atoms with Crippen LogP contribution in [0.4, 0.5) is 5.69 Å². The topological polar surface area (TPSA) is 45.0 Å². The Morgan fingerprint density at radius 3 is 2.74 bits per heavy atom. The molecule has 3 rings (SSSR count). The Kier molecular flexibility index (Phi) is 3.02. The lowest BCUT2D eigenvalue weighted by molar-refractivity contribution is 0.210. The Balaban J connectivity index is 1.89. The molecule has 0 bridgehead atoms. The largest absolute Gasteiger partial charge is 0.480 e. The van der Waals surface area contributed by atoms with Crippen LogP contribution in [0.2, 0.25) is 5.02 Å². The Bertz CT molecular complexity index is 646. The molecule has 1 N–H and O–H groups in total. The molecule has 0 saturated carbocycles. The van der Waals surface area contributed by atoms with Crippen LogP contribution in [0.15, 0.2) is 42.5 Å². The van der Waals surface area contributed by atoms with E-state index in [0.717, 1.165) is 11.3 Å². The molecule has 0 spiro atoms. The molecule has 0 saturated heterocycles. The highest BCUT2D eigenvalue weighted by Crippen LogP contribution is 2.39. The maximum Gasteiger partial charge on any atom is 0.161 e. The average Bonchev–Trinajstić information content (AvgIpc) is 2.47. The first-order valence-electron chi connectivity index (χ1n) is 5.97. The molecule has 2 aromatic carbocycles. The third-order valence-electron chi connectivity index (χ3n) is 3.12. The van der Waals surface area contributed by atoms with Gasteiger partial charge < -0.3 is 10.1 Å². The number of nitriles is 1. The molecule has 1 aliphatic rings. The average molecular weight is 271 g/mol. The first kappa shape index (κ1) is 11.9. The van der Waals surface area contributed by atoms with Gasteiger partial charge in [0.1, 0.15) is 6.10 Å². The smallest absolute Gasteiger partial charge is 0.161 e. The van der Waals surface area contributed by atoms with Crippen molar-refractivity contribution >= 4 is 17.3 Å². The predicted octanol–water partition coefficient (Wildman–Crippen LogP) is 3.76. The SMILES string of the molecule is N#Cc1ccc(C2CNc3cccc(Cl)c3O2)cc1. The molecule has 3 nitrogen and oxygen atoms in total. The van der Waals surface area contributed by atoms with Crippen LogP contribution >= 0.6 is 11.6 Å².